The Morgan fingerprint density at radius 1 is 1.21 bits per heavy atom. The van der Waals surface area contributed by atoms with Gasteiger partial charge in [-0.15, -0.1) is 39.5 Å². The van der Waals surface area contributed by atoms with E-state index in [1.54, 1.807) is 13.8 Å². The number of nitrogens with one attached hydrogen (secondary N) is 1. The maximum absolute atomic E-state index is 11.0. The zero-order valence-electron chi connectivity index (χ0n) is 16.2. The van der Waals surface area contributed by atoms with E-state index < -0.39 is 5.24 Å². The standard InChI is InChI=1S/C6H8N4O.C4H5ClO.C4H6.C2H4N4.ClH/c1-4(2)5(11)3-6-7-9-10-8-6;1-3(2)4(5)6;1-3-4-2;3-2-1-4-6-5-2;/h1,3H2,2H3,(H,7,8,9,10);1H2,2H3;1-2H3;1H2,(H2,3,4,5);1H. The van der Waals surface area contributed by atoms with Gasteiger partial charge in [0, 0.05) is 5.57 Å². The number of tetrazole rings is 1. The van der Waals surface area contributed by atoms with Crippen LogP contribution in [0.4, 0.5) is 0 Å². The molecule has 0 bridgehead atoms. The van der Waals surface area contributed by atoms with Gasteiger partial charge < -0.3 is 5.73 Å². The first-order chi connectivity index (χ1) is 12.6. The van der Waals surface area contributed by atoms with Crippen molar-refractivity contribution in [2.45, 2.75) is 34.1 Å². The maximum Gasteiger partial charge on any atom is 0.247 e. The van der Waals surface area contributed by atoms with Crippen molar-refractivity contribution in [1.29, 1.82) is 0 Å². The molecule has 0 radical (unpaired) electrons. The predicted octanol–water partition coefficient (Wildman–Crippen LogP) is 2.39. The van der Waals surface area contributed by atoms with Crippen LogP contribution in [-0.2, 0) is 16.0 Å². The maximum atomic E-state index is 11.0. The number of allylic oxidation sites excluding steroid dienone is 2. The van der Waals surface area contributed by atoms with Crippen molar-refractivity contribution in [2.75, 3.05) is 6.54 Å². The number of carbonyl (C=O) groups is 2. The van der Waals surface area contributed by atoms with Crippen molar-refractivity contribution in [1.82, 2.24) is 20.6 Å². The lowest BCUT2D eigenvalue weighted by Gasteiger charge is -1.91. The van der Waals surface area contributed by atoms with Gasteiger partial charge in [0.2, 0.25) is 5.24 Å². The molecule has 0 aromatic carbocycles. The van der Waals surface area contributed by atoms with E-state index in [4.69, 9.17) is 17.3 Å². The van der Waals surface area contributed by atoms with Crippen LogP contribution in [0.2, 0.25) is 0 Å². The predicted molar refractivity (Wildman–Crippen MR) is 111 cm³/mol. The summed E-state index contributed by atoms with van der Waals surface area (Å²) in [5.74, 6) is 6.19. The monoisotopic (exact) mass is 430 g/mol. The zero-order valence-corrected chi connectivity index (χ0v) is 17.8. The Labute approximate surface area is 175 Å². The highest BCUT2D eigenvalue weighted by Gasteiger charge is 2.06. The van der Waals surface area contributed by atoms with E-state index in [1.807, 2.05) is 13.8 Å². The van der Waals surface area contributed by atoms with E-state index in [0.717, 1.165) is 0 Å². The highest BCUT2D eigenvalue weighted by atomic mass is 35.5. The van der Waals surface area contributed by atoms with Crippen LogP contribution in [0.1, 0.15) is 33.5 Å². The topological polar surface area (TPSA) is 152 Å². The minimum atomic E-state index is -0.463. The van der Waals surface area contributed by atoms with Gasteiger partial charge in [0.1, 0.15) is 12.4 Å². The average Bonchev–Trinajstić information content (AvgIpc) is 3.30. The number of H-pyrrole nitrogens is 1. The quantitative estimate of drug-likeness (QED) is 0.424. The molecule has 0 fully saturated rings. The van der Waals surface area contributed by atoms with E-state index in [2.05, 4.69) is 61.1 Å². The molecule has 3 N–H and O–H groups in total. The second kappa shape index (κ2) is 18.9. The SMILES string of the molecule is C=C(C)C(=O)Cc1nn[nH]n1.C=C(C)C(=O)Cl.CC#CC.Cl.NC1=NN=NC1. The largest absolute Gasteiger partial charge is 0.384 e. The lowest BCUT2D eigenvalue weighted by atomic mass is 10.1. The molecule has 0 unspecified atom stereocenters. The zero-order chi connectivity index (χ0) is 21.2. The highest BCUT2D eigenvalue weighted by molar-refractivity contribution is 6.67. The summed E-state index contributed by atoms with van der Waals surface area (Å²) in [6.45, 7) is 14.1. The fraction of sp³-hybridized carbons (Fsp3) is 0.375. The molecular weight excluding hydrogens is 407 g/mol. The number of hydrogen-bond donors (Lipinski definition) is 2. The number of hydrogen-bond acceptors (Lipinski definition) is 9. The fourth-order valence-electron chi connectivity index (χ4n) is 0.777. The van der Waals surface area contributed by atoms with Gasteiger partial charge in [-0.25, -0.2) is 0 Å². The van der Waals surface area contributed by atoms with Gasteiger partial charge in [-0.2, -0.15) is 10.3 Å². The lowest BCUT2D eigenvalue weighted by Crippen LogP contribution is -2.10. The van der Waals surface area contributed by atoms with Gasteiger partial charge in [-0.05, 0) is 50.1 Å². The Bertz CT molecular complexity index is 728. The molecule has 12 heteroatoms. The van der Waals surface area contributed by atoms with E-state index in [-0.39, 0.29) is 24.6 Å². The molecule has 28 heavy (non-hydrogen) atoms. The molecule has 2 heterocycles. The number of Topliss-reactive ketones (excluding diaryl/α,β-unsaturated/α-hetero) is 1. The van der Waals surface area contributed by atoms with Crippen molar-refractivity contribution in [3.8, 4) is 11.8 Å². The summed E-state index contributed by atoms with van der Waals surface area (Å²) in [6.07, 6.45) is 0.172. The molecule has 1 aromatic heterocycles. The molecule has 1 aliphatic rings. The molecule has 0 spiro atoms. The first kappa shape index (κ1) is 29.8. The van der Waals surface area contributed by atoms with Gasteiger partial charge in [0.15, 0.2) is 11.6 Å². The number of nitrogens with zero attached hydrogens (tertiary/aromatic N) is 6. The second-order valence-corrected chi connectivity index (χ2v) is 5.09. The van der Waals surface area contributed by atoms with Gasteiger partial charge in [0.25, 0.3) is 0 Å². The third-order valence-electron chi connectivity index (χ3n) is 2.24. The van der Waals surface area contributed by atoms with Gasteiger partial charge in [-0.3, -0.25) is 9.59 Å². The molecular formula is C16H24Cl2N8O2. The summed E-state index contributed by atoms with van der Waals surface area (Å²) in [6, 6.07) is 0. The van der Waals surface area contributed by atoms with Crippen LogP contribution in [0.5, 0.6) is 0 Å². The normalized spacial score (nSPS) is 9.82. The molecule has 154 valence electrons. The molecule has 0 amide bonds. The number of carbonyl (C=O) groups excluding carboxylic acids is 2. The smallest absolute Gasteiger partial charge is 0.247 e. The third kappa shape index (κ3) is 19.4. The minimum Gasteiger partial charge on any atom is -0.384 e. The van der Waals surface area contributed by atoms with E-state index in [1.165, 1.54) is 0 Å². The first-order valence-corrected chi connectivity index (χ1v) is 7.82. The van der Waals surface area contributed by atoms with Crippen molar-refractivity contribution in [3.05, 3.63) is 30.1 Å². The Morgan fingerprint density at radius 3 is 1.96 bits per heavy atom. The Hall–Kier alpha value is -2.90. The first-order valence-electron chi connectivity index (χ1n) is 7.44. The molecule has 0 aliphatic carbocycles. The third-order valence-corrected chi connectivity index (χ3v) is 2.56. The van der Waals surface area contributed by atoms with Crippen LogP contribution in [0.25, 0.3) is 0 Å². The highest BCUT2D eigenvalue weighted by Crippen LogP contribution is 1.95. The van der Waals surface area contributed by atoms with E-state index >= 15 is 0 Å². The van der Waals surface area contributed by atoms with Crippen molar-refractivity contribution in [3.63, 3.8) is 0 Å². The number of rotatable bonds is 4. The van der Waals surface area contributed by atoms with Crippen LogP contribution >= 0.6 is 24.0 Å². The lowest BCUT2D eigenvalue weighted by molar-refractivity contribution is -0.115. The van der Waals surface area contributed by atoms with E-state index in [9.17, 15) is 9.59 Å². The van der Waals surface area contributed by atoms with Crippen LogP contribution in [0.3, 0.4) is 0 Å². The van der Waals surface area contributed by atoms with Crippen LogP contribution in [0, 0.1) is 11.8 Å². The van der Waals surface area contributed by atoms with Crippen LogP contribution < -0.4 is 5.73 Å². The average molecular weight is 431 g/mol. The second-order valence-electron chi connectivity index (χ2n) is 4.74. The Kier molecular flexibility index (Phi) is 20.1. The molecule has 0 atom stereocenters. The number of ketones is 1. The molecule has 1 aromatic rings. The minimum absolute atomic E-state index is 0. The summed E-state index contributed by atoms with van der Waals surface area (Å²) >= 11 is 4.87. The molecule has 1 aliphatic heterocycles. The number of aromatic amines is 1. The van der Waals surface area contributed by atoms with E-state index in [0.29, 0.717) is 29.4 Å². The van der Waals surface area contributed by atoms with Gasteiger partial charge in [-0.1, -0.05) is 18.4 Å². The van der Waals surface area contributed by atoms with Crippen LogP contribution in [-0.4, -0.2) is 44.0 Å². The van der Waals surface area contributed by atoms with Crippen molar-refractivity contribution < 1.29 is 9.59 Å². The number of amidine groups is 1. The fourth-order valence-corrected chi connectivity index (χ4v) is 0.777. The number of halogens is 2. The Balaban J connectivity index is -0.000000318. The number of nitrogens with two attached hydrogens (primary N) is 1. The van der Waals surface area contributed by atoms with Crippen molar-refractivity contribution in [2.24, 2.45) is 21.2 Å². The molecule has 2 rings (SSSR count). The molecule has 0 saturated carbocycles. The van der Waals surface area contributed by atoms with Crippen LogP contribution in [0.15, 0.2) is 39.7 Å². The van der Waals surface area contributed by atoms with Gasteiger partial charge >= 0.3 is 0 Å². The summed E-state index contributed by atoms with van der Waals surface area (Å²) in [4.78, 5) is 20.8. The molecule has 10 nitrogen and oxygen atoms in total. The molecule has 0 saturated heterocycles. The summed E-state index contributed by atoms with van der Waals surface area (Å²) in [7, 11) is 0. The Morgan fingerprint density at radius 2 is 1.75 bits per heavy atom. The summed E-state index contributed by atoms with van der Waals surface area (Å²) < 4.78 is 0. The van der Waals surface area contributed by atoms with Gasteiger partial charge in [0.05, 0.1) is 6.42 Å². The summed E-state index contributed by atoms with van der Waals surface area (Å²) in [5, 5.41) is 22.5. The summed E-state index contributed by atoms with van der Waals surface area (Å²) in [5.41, 5.74) is 5.99. The van der Waals surface area contributed by atoms with Crippen molar-refractivity contribution >= 4 is 40.9 Å². The number of aromatic nitrogens is 4.